The van der Waals surface area contributed by atoms with Crippen LogP contribution in [0.1, 0.15) is 22.6 Å². The van der Waals surface area contributed by atoms with E-state index in [-0.39, 0.29) is 11.7 Å². The maximum Gasteiger partial charge on any atom is 0.115 e. The highest BCUT2D eigenvalue weighted by Crippen LogP contribution is 2.38. The average molecular weight is 335 g/mol. The third-order valence-electron chi connectivity index (χ3n) is 4.07. The zero-order chi connectivity index (χ0) is 16.8. The first-order valence-corrected chi connectivity index (χ1v) is 8.48. The second kappa shape index (κ2) is 7.85. The number of phenols is 1. The number of hydrogen-bond acceptors (Lipinski definition) is 1. The molecule has 1 unspecified atom stereocenters. The standard InChI is InChI=1S/C22H19ClO/c23-16-15-21(17-7-3-1-4-8-17)22(18-9-5-2-6-10-18)19-11-13-20(24)14-12-19/h1-15,22,24H,16H2. The molecule has 0 aliphatic carbocycles. The lowest BCUT2D eigenvalue weighted by molar-refractivity contribution is 0.475. The van der Waals surface area contributed by atoms with Crippen LogP contribution in [0.25, 0.3) is 5.57 Å². The maximum absolute atomic E-state index is 9.63. The summed E-state index contributed by atoms with van der Waals surface area (Å²) in [6.07, 6.45) is 2.07. The molecule has 0 aromatic heterocycles. The Morgan fingerprint density at radius 1 is 0.792 bits per heavy atom. The molecule has 0 radical (unpaired) electrons. The molecular weight excluding hydrogens is 316 g/mol. The van der Waals surface area contributed by atoms with E-state index in [1.165, 1.54) is 11.1 Å². The predicted octanol–water partition coefficient (Wildman–Crippen LogP) is 5.85. The minimum atomic E-state index is 0.0629. The molecule has 1 N–H and O–H groups in total. The Hall–Kier alpha value is -2.51. The molecule has 1 atom stereocenters. The summed E-state index contributed by atoms with van der Waals surface area (Å²) in [5, 5.41) is 9.63. The molecule has 0 amide bonds. The van der Waals surface area contributed by atoms with Crippen LogP contribution in [0.15, 0.2) is 91.0 Å². The van der Waals surface area contributed by atoms with Crippen LogP contribution in [0.3, 0.4) is 0 Å². The number of rotatable bonds is 5. The number of aromatic hydroxyl groups is 1. The van der Waals surface area contributed by atoms with Crippen molar-refractivity contribution in [1.29, 1.82) is 0 Å². The van der Waals surface area contributed by atoms with E-state index in [4.69, 9.17) is 11.6 Å². The Labute approximate surface area is 147 Å². The number of halogens is 1. The Morgan fingerprint density at radius 3 is 1.92 bits per heavy atom. The Balaban J connectivity index is 2.16. The van der Waals surface area contributed by atoms with E-state index in [9.17, 15) is 5.11 Å². The first-order valence-electron chi connectivity index (χ1n) is 7.95. The van der Waals surface area contributed by atoms with Crippen molar-refractivity contribution in [2.75, 3.05) is 5.88 Å². The lowest BCUT2D eigenvalue weighted by Gasteiger charge is -2.22. The third kappa shape index (κ3) is 3.69. The molecule has 3 aromatic rings. The molecule has 2 heteroatoms. The van der Waals surface area contributed by atoms with Crippen molar-refractivity contribution in [3.63, 3.8) is 0 Å². The minimum Gasteiger partial charge on any atom is -0.508 e. The van der Waals surface area contributed by atoms with Gasteiger partial charge in [0.05, 0.1) is 0 Å². The Kier molecular flexibility index (Phi) is 5.35. The molecule has 0 fully saturated rings. The molecule has 0 aliphatic rings. The summed E-state index contributed by atoms with van der Waals surface area (Å²) in [6, 6.07) is 28.1. The largest absolute Gasteiger partial charge is 0.508 e. The predicted molar refractivity (Wildman–Crippen MR) is 102 cm³/mol. The number of allylic oxidation sites excluding steroid dienone is 2. The molecule has 3 aromatic carbocycles. The van der Waals surface area contributed by atoms with Crippen LogP contribution in [-0.4, -0.2) is 11.0 Å². The smallest absolute Gasteiger partial charge is 0.115 e. The number of benzene rings is 3. The fraction of sp³-hybridized carbons (Fsp3) is 0.0909. The molecule has 0 heterocycles. The molecule has 3 rings (SSSR count). The highest BCUT2D eigenvalue weighted by Gasteiger charge is 2.20. The van der Waals surface area contributed by atoms with Crippen LogP contribution in [-0.2, 0) is 0 Å². The molecular formula is C22H19ClO. The fourth-order valence-electron chi connectivity index (χ4n) is 2.98. The van der Waals surface area contributed by atoms with Gasteiger partial charge in [0.25, 0.3) is 0 Å². The van der Waals surface area contributed by atoms with Gasteiger partial charge in [-0.1, -0.05) is 78.9 Å². The van der Waals surface area contributed by atoms with Crippen LogP contribution < -0.4 is 0 Å². The fourth-order valence-corrected chi connectivity index (χ4v) is 3.15. The molecule has 120 valence electrons. The van der Waals surface area contributed by atoms with Gasteiger partial charge in [-0.3, -0.25) is 0 Å². The summed E-state index contributed by atoms with van der Waals surface area (Å²) in [4.78, 5) is 0. The minimum absolute atomic E-state index is 0.0629. The first-order chi connectivity index (χ1) is 11.8. The third-order valence-corrected chi connectivity index (χ3v) is 4.23. The lowest BCUT2D eigenvalue weighted by atomic mass is 9.81. The number of phenolic OH excluding ortho intramolecular Hbond substituents is 1. The van der Waals surface area contributed by atoms with E-state index in [1.807, 2.05) is 48.5 Å². The topological polar surface area (TPSA) is 20.2 Å². The SMILES string of the molecule is Oc1ccc(C(C(=CCCl)c2ccccc2)c2ccccc2)cc1. The van der Waals surface area contributed by atoms with Gasteiger partial charge in [0.2, 0.25) is 0 Å². The summed E-state index contributed by atoms with van der Waals surface area (Å²) >= 11 is 6.07. The van der Waals surface area contributed by atoms with Gasteiger partial charge in [-0.25, -0.2) is 0 Å². The van der Waals surface area contributed by atoms with Crippen molar-refractivity contribution in [2.24, 2.45) is 0 Å². The van der Waals surface area contributed by atoms with Crippen LogP contribution >= 0.6 is 11.6 Å². The van der Waals surface area contributed by atoms with E-state index in [2.05, 4.69) is 30.3 Å². The molecule has 0 saturated carbocycles. The van der Waals surface area contributed by atoms with Crippen LogP contribution in [0.2, 0.25) is 0 Å². The molecule has 24 heavy (non-hydrogen) atoms. The maximum atomic E-state index is 9.63. The van der Waals surface area contributed by atoms with Gasteiger partial charge in [0.1, 0.15) is 5.75 Å². The quantitative estimate of drug-likeness (QED) is 0.580. The molecule has 0 bridgehead atoms. The second-order valence-electron chi connectivity index (χ2n) is 5.62. The van der Waals surface area contributed by atoms with Gasteiger partial charge in [0.15, 0.2) is 0 Å². The van der Waals surface area contributed by atoms with E-state index < -0.39 is 0 Å². The molecule has 0 aliphatic heterocycles. The van der Waals surface area contributed by atoms with Crippen molar-refractivity contribution < 1.29 is 5.11 Å². The number of hydrogen-bond donors (Lipinski definition) is 1. The monoisotopic (exact) mass is 334 g/mol. The Bertz CT molecular complexity index is 792. The summed E-state index contributed by atoms with van der Waals surface area (Å²) in [5.41, 5.74) is 4.64. The van der Waals surface area contributed by atoms with Gasteiger partial charge in [-0.15, -0.1) is 11.6 Å². The Morgan fingerprint density at radius 2 is 1.33 bits per heavy atom. The normalized spacial score (nSPS) is 12.8. The molecule has 0 saturated heterocycles. The van der Waals surface area contributed by atoms with E-state index in [1.54, 1.807) is 12.1 Å². The zero-order valence-electron chi connectivity index (χ0n) is 13.3. The molecule has 0 spiro atoms. The average Bonchev–Trinajstić information content (AvgIpc) is 2.64. The summed E-state index contributed by atoms with van der Waals surface area (Å²) in [7, 11) is 0. The van der Waals surface area contributed by atoms with Crippen molar-refractivity contribution >= 4 is 17.2 Å². The molecule has 1 nitrogen and oxygen atoms in total. The van der Waals surface area contributed by atoms with Crippen molar-refractivity contribution in [1.82, 2.24) is 0 Å². The van der Waals surface area contributed by atoms with Gasteiger partial charge in [-0.05, 0) is 34.4 Å². The van der Waals surface area contributed by atoms with Gasteiger partial charge in [-0.2, -0.15) is 0 Å². The van der Waals surface area contributed by atoms with Crippen LogP contribution in [0.4, 0.5) is 0 Å². The van der Waals surface area contributed by atoms with Gasteiger partial charge in [0, 0.05) is 11.8 Å². The lowest BCUT2D eigenvalue weighted by Crippen LogP contribution is -2.05. The van der Waals surface area contributed by atoms with Crippen LogP contribution in [0.5, 0.6) is 5.75 Å². The van der Waals surface area contributed by atoms with Gasteiger partial charge >= 0.3 is 0 Å². The summed E-state index contributed by atoms with van der Waals surface area (Å²) in [5.74, 6) is 0.784. The van der Waals surface area contributed by atoms with E-state index in [0.717, 1.165) is 11.1 Å². The first kappa shape index (κ1) is 16.4. The highest BCUT2D eigenvalue weighted by molar-refractivity contribution is 6.19. The summed E-state index contributed by atoms with van der Waals surface area (Å²) in [6.45, 7) is 0. The van der Waals surface area contributed by atoms with Crippen molar-refractivity contribution in [2.45, 2.75) is 5.92 Å². The van der Waals surface area contributed by atoms with Crippen molar-refractivity contribution in [3.05, 3.63) is 108 Å². The van der Waals surface area contributed by atoms with Gasteiger partial charge < -0.3 is 5.11 Å². The second-order valence-corrected chi connectivity index (χ2v) is 5.92. The van der Waals surface area contributed by atoms with Crippen LogP contribution in [0, 0.1) is 0 Å². The zero-order valence-corrected chi connectivity index (χ0v) is 14.0. The van der Waals surface area contributed by atoms with E-state index >= 15 is 0 Å². The highest BCUT2D eigenvalue weighted by atomic mass is 35.5. The van der Waals surface area contributed by atoms with Crippen molar-refractivity contribution in [3.8, 4) is 5.75 Å². The number of alkyl halides is 1. The van der Waals surface area contributed by atoms with E-state index in [0.29, 0.717) is 5.88 Å². The summed E-state index contributed by atoms with van der Waals surface area (Å²) < 4.78 is 0.